The van der Waals surface area contributed by atoms with Crippen LogP contribution >= 0.6 is 11.6 Å². The Hall–Kier alpha value is -1.62. The number of halogens is 1. The highest BCUT2D eigenvalue weighted by Crippen LogP contribution is 2.62. The Bertz CT molecular complexity index is 657. The predicted octanol–water partition coefficient (Wildman–Crippen LogP) is 2.77. The number of nitrogens with two attached hydrogens (primary N) is 1. The number of aromatic nitrogens is 4. The highest BCUT2D eigenvalue weighted by atomic mass is 35.5. The van der Waals surface area contributed by atoms with Gasteiger partial charge < -0.3 is 5.73 Å². The molecule has 0 amide bonds. The lowest BCUT2D eigenvalue weighted by molar-refractivity contribution is 0.348. The van der Waals surface area contributed by atoms with Gasteiger partial charge >= 0.3 is 0 Å². The summed E-state index contributed by atoms with van der Waals surface area (Å²) >= 11 is 6.09. The Morgan fingerprint density at radius 2 is 2.15 bits per heavy atom. The van der Waals surface area contributed by atoms with Gasteiger partial charge in [0.25, 0.3) is 0 Å². The Morgan fingerprint density at radius 1 is 1.35 bits per heavy atom. The van der Waals surface area contributed by atoms with Crippen molar-refractivity contribution in [1.29, 1.82) is 0 Å². The SMILES string of the molecule is Nc1ccc(-c2nnnn2CC2(C3CC3)CC2)cc1Cl. The molecule has 0 spiro atoms. The molecule has 2 fully saturated rings. The molecule has 2 aliphatic carbocycles. The number of nitrogen functional groups attached to an aromatic ring is 1. The molecule has 0 bridgehead atoms. The minimum atomic E-state index is 0.460. The summed E-state index contributed by atoms with van der Waals surface area (Å²) < 4.78 is 1.92. The highest BCUT2D eigenvalue weighted by molar-refractivity contribution is 6.33. The summed E-state index contributed by atoms with van der Waals surface area (Å²) in [5.41, 5.74) is 7.70. The first kappa shape index (κ1) is 12.1. The minimum Gasteiger partial charge on any atom is -0.398 e. The fourth-order valence-electron chi connectivity index (χ4n) is 3.03. The van der Waals surface area contributed by atoms with E-state index in [0.717, 1.165) is 23.9 Å². The van der Waals surface area contributed by atoms with Crippen LogP contribution in [0.5, 0.6) is 0 Å². The van der Waals surface area contributed by atoms with E-state index in [1.165, 1.54) is 25.7 Å². The molecule has 20 heavy (non-hydrogen) atoms. The Morgan fingerprint density at radius 3 is 2.80 bits per heavy atom. The third-order valence-electron chi connectivity index (χ3n) is 4.59. The summed E-state index contributed by atoms with van der Waals surface area (Å²) in [5, 5.41) is 12.7. The second-order valence-electron chi connectivity index (χ2n) is 6.03. The van der Waals surface area contributed by atoms with E-state index >= 15 is 0 Å². The third-order valence-corrected chi connectivity index (χ3v) is 4.92. The zero-order valence-corrected chi connectivity index (χ0v) is 11.8. The maximum absolute atomic E-state index is 6.09. The summed E-state index contributed by atoms with van der Waals surface area (Å²) in [6.45, 7) is 0.919. The van der Waals surface area contributed by atoms with Crippen LogP contribution in [0, 0.1) is 11.3 Å². The van der Waals surface area contributed by atoms with Crippen LogP contribution in [0.2, 0.25) is 5.02 Å². The van der Waals surface area contributed by atoms with Crippen molar-refractivity contribution in [1.82, 2.24) is 20.2 Å². The van der Waals surface area contributed by atoms with Crippen LogP contribution in [0.25, 0.3) is 11.4 Å². The smallest absolute Gasteiger partial charge is 0.182 e. The average Bonchev–Trinajstić information content (AvgIpc) is 3.32. The molecule has 6 heteroatoms. The van der Waals surface area contributed by atoms with E-state index < -0.39 is 0 Å². The van der Waals surface area contributed by atoms with Crippen molar-refractivity contribution in [3.63, 3.8) is 0 Å². The maximum Gasteiger partial charge on any atom is 0.182 e. The Labute approximate surface area is 122 Å². The molecular formula is C14H16ClN5. The van der Waals surface area contributed by atoms with E-state index in [-0.39, 0.29) is 0 Å². The van der Waals surface area contributed by atoms with Crippen molar-refractivity contribution in [3.05, 3.63) is 23.2 Å². The van der Waals surface area contributed by atoms with E-state index in [2.05, 4.69) is 15.5 Å². The number of tetrazole rings is 1. The molecule has 5 nitrogen and oxygen atoms in total. The maximum atomic E-state index is 6.09. The molecule has 0 aliphatic heterocycles. The van der Waals surface area contributed by atoms with Crippen LogP contribution < -0.4 is 5.73 Å². The molecule has 1 aromatic heterocycles. The lowest BCUT2D eigenvalue weighted by Gasteiger charge is -2.14. The van der Waals surface area contributed by atoms with Gasteiger partial charge in [-0.05, 0) is 65.6 Å². The molecule has 2 aromatic rings. The molecular weight excluding hydrogens is 274 g/mol. The van der Waals surface area contributed by atoms with Crippen molar-refractivity contribution in [2.75, 3.05) is 5.73 Å². The summed E-state index contributed by atoms with van der Waals surface area (Å²) in [7, 11) is 0. The number of hydrogen-bond donors (Lipinski definition) is 1. The molecule has 0 unspecified atom stereocenters. The van der Waals surface area contributed by atoms with Gasteiger partial charge in [0.05, 0.1) is 17.3 Å². The lowest BCUT2D eigenvalue weighted by Crippen LogP contribution is -2.16. The first-order chi connectivity index (χ1) is 9.68. The summed E-state index contributed by atoms with van der Waals surface area (Å²) in [5.74, 6) is 1.66. The summed E-state index contributed by atoms with van der Waals surface area (Å²) in [4.78, 5) is 0. The van der Waals surface area contributed by atoms with Crippen molar-refractivity contribution in [2.24, 2.45) is 11.3 Å². The first-order valence-corrected chi connectivity index (χ1v) is 7.37. The van der Waals surface area contributed by atoms with Gasteiger partial charge in [-0.2, -0.15) is 0 Å². The average molecular weight is 290 g/mol. The van der Waals surface area contributed by atoms with Crippen molar-refractivity contribution < 1.29 is 0 Å². The molecule has 104 valence electrons. The van der Waals surface area contributed by atoms with Crippen LogP contribution in [0.4, 0.5) is 5.69 Å². The van der Waals surface area contributed by atoms with Crippen LogP contribution in [0.3, 0.4) is 0 Å². The number of anilines is 1. The number of benzene rings is 1. The molecule has 2 aliphatic rings. The first-order valence-electron chi connectivity index (χ1n) is 6.99. The third kappa shape index (κ3) is 1.97. The molecule has 0 radical (unpaired) electrons. The van der Waals surface area contributed by atoms with E-state index in [9.17, 15) is 0 Å². The van der Waals surface area contributed by atoms with Gasteiger partial charge in [-0.25, -0.2) is 4.68 Å². The predicted molar refractivity (Wildman–Crippen MR) is 77.1 cm³/mol. The zero-order chi connectivity index (χ0) is 13.7. The topological polar surface area (TPSA) is 69.6 Å². The van der Waals surface area contributed by atoms with Crippen LogP contribution in [-0.4, -0.2) is 20.2 Å². The van der Waals surface area contributed by atoms with Gasteiger partial charge in [0.2, 0.25) is 0 Å². The molecule has 1 heterocycles. The Kier molecular flexibility index (Phi) is 2.54. The molecule has 2 saturated carbocycles. The van der Waals surface area contributed by atoms with Crippen molar-refractivity contribution in [3.8, 4) is 11.4 Å². The zero-order valence-electron chi connectivity index (χ0n) is 11.1. The lowest BCUT2D eigenvalue weighted by atomic mass is 10.0. The van der Waals surface area contributed by atoms with Gasteiger partial charge in [0.1, 0.15) is 0 Å². The number of hydrogen-bond acceptors (Lipinski definition) is 4. The largest absolute Gasteiger partial charge is 0.398 e. The summed E-state index contributed by atoms with van der Waals surface area (Å²) in [6, 6.07) is 5.54. The fraction of sp³-hybridized carbons (Fsp3) is 0.500. The molecule has 2 N–H and O–H groups in total. The standard InChI is InChI=1S/C14H16ClN5/c15-11-7-9(1-4-12(11)16)13-17-18-19-20(13)8-14(5-6-14)10-2-3-10/h1,4,7,10H,2-3,5-6,8,16H2. The van der Waals surface area contributed by atoms with Gasteiger partial charge in [0.15, 0.2) is 5.82 Å². The van der Waals surface area contributed by atoms with E-state index in [0.29, 0.717) is 16.1 Å². The number of rotatable bonds is 4. The van der Waals surface area contributed by atoms with E-state index in [4.69, 9.17) is 17.3 Å². The van der Waals surface area contributed by atoms with E-state index in [1.807, 2.05) is 16.8 Å². The second kappa shape index (κ2) is 4.19. The van der Waals surface area contributed by atoms with Gasteiger partial charge in [0, 0.05) is 5.56 Å². The quantitative estimate of drug-likeness (QED) is 0.879. The molecule has 0 atom stereocenters. The Balaban J connectivity index is 1.66. The second-order valence-corrected chi connectivity index (χ2v) is 6.44. The molecule has 4 rings (SSSR count). The van der Waals surface area contributed by atoms with Crippen LogP contribution in [0.15, 0.2) is 18.2 Å². The van der Waals surface area contributed by atoms with Crippen molar-refractivity contribution in [2.45, 2.75) is 32.2 Å². The van der Waals surface area contributed by atoms with E-state index in [1.54, 1.807) is 6.07 Å². The van der Waals surface area contributed by atoms with Crippen molar-refractivity contribution >= 4 is 17.3 Å². The monoisotopic (exact) mass is 289 g/mol. The summed E-state index contributed by atoms with van der Waals surface area (Å²) in [6.07, 6.45) is 5.34. The highest BCUT2D eigenvalue weighted by Gasteiger charge is 2.54. The van der Waals surface area contributed by atoms with Gasteiger partial charge in [-0.1, -0.05) is 11.6 Å². The van der Waals surface area contributed by atoms with Gasteiger partial charge in [-0.15, -0.1) is 5.10 Å². The van der Waals surface area contributed by atoms with Crippen LogP contribution in [-0.2, 0) is 6.54 Å². The normalized spacial score (nSPS) is 20.1. The molecule has 1 aromatic carbocycles. The fourth-order valence-corrected chi connectivity index (χ4v) is 3.21. The minimum absolute atomic E-state index is 0.460. The van der Waals surface area contributed by atoms with Crippen LogP contribution in [0.1, 0.15) is 25.7 Å². The van der Waals surface area contributed by atoms with Gasteiger partial charge in [-0.3, -0.25) is 0 Å². The molecule has 0 saturated heterocycles. The number of nitrogens with zero attached hydrogens (tertiary/aromatic N) is 4.